The SMILES string of the molecule is COc1nn(C)c2nc(C)c(CCC(=O)N3CCNCC3)c(C)c12. The number of methoxy groups -OCH3 is 1. The summed E-state index contributed by atoms with van der Waals surface area (Å²) in [6.45, 7) is 7.41. The predicted molar refractivity (Wildman–Crippen MR) is 92.3 cm³/mol. The van der Waals surface area contributed by atoms with Crippen molar-refractivity contribution in [2.24, 2.45) is 7.05 Å². The van der Waals surface area contributed by atoms with Crippen LogP contribution in [0.5, 0.6) is 5.88 Å². The standard InChI is InChI=1S/C17H25N5O2/c1-11-13(5-6-14(23)22-9-7-18-8-10-22)12(2)19-16-15(11)17(24-4)20-21(16)3/h18H,5-10H2,1-4H3. The number of hydrogen-bond donors (Lipinski definition) is 1. The Bertz CT molecular complexity index is 762. The van der Waals surface area contributed by atoms with Gasteiger partial charge in [-0.25, -0.2) is 9.67 Å². The minimum absolute atomic E-state index is 0.216. The highest BCUT2D eigenvalue weighted by atomic mass is 16.5. The second-order valence-electron chi connectivity index (χ2n) is 6.26. The minimum Gasteiger partial charge on any atom is -0.479 e. The Balaban J connectivity index is 1.85. The largest absolute Gasteiger partial charge is 0.479 e. The fraction of sp³-hybridized carbons (Fsp3) is 0.588. The van der Waals surface area contributed by atoms with Crippen LogP contribution >= 0.6 is 0 Å². The highest BCUT2D eigenvalue weighted by Crippen LogP contribution is 2.30. The van der Waals surface area contributed by atoms with E-state index in [0.29, 0.717) is 18.7 Å². The Morgan fingerprint density at radius 1 is 1.29 bits per heavy atom. The molecule has 1 aliphatic heterocycles. The highest BCUT2D eigenvalue weighted by Gasteiger charge is 2.20. The van der Waals surface area contributed by atoms with Gasteiger partial charge in [-0.3, -0.25) is 4.79 Å². The summed E-state index contributed by atoms with van der Waals surface area (Å²) in [5.74, 6) is 0.806. The predicted octanol–water partition coefficient (Wildman–Crippen LogP) is 0.958. The third-order valence-corrected chi connectivity index (χ3v) is 4.77. The van der Waals surface area contributed by atoms with Crippen molar-refractivity contribution in [3.63, 3.8) is 0 Å². The number of carbonyl (C=O) groups excluding carboxylic acids is 1. The third kappa shape index (κ3) is 2.96. The Morgan fingerprint density at radius 3 is 2.67 bits per heavy atom. The number of aromatic nitrogens is 3. The van der Waals surface area contributed by atoms with Crippen LogP contribution in [-0.4, -0.2) is 58.9 Å². The zero-order valence-electron chi connectivity index (χ0n) is 14.8. The summed E-state index contributed by atoms with van der Waals surface area (Å²) in [4.78, 5) is 19.0. The van der Waals surface area contributed by atoms with E-state index in [1.54, 1.807) is 11.8 Å². The van der Waals surface area contributed by atoms with Gasteiger partial charge in [0, 0.05) is 45.3 Å². The summed E-state index contributed by atoms with van der Waals surface area (Å²) in [7, 11) is 3.49. The molecule has 3 heterocycles. The maximum absolute atomic E-state index is 12.4. The van der Waals surface area contributed by atoms with Crippen LogP contribution in [-0.2, 0) is 18.3 Å². The number of aryl methyl sites for hydroxylation is 3. The normalized spacial score (nSPS) is 15.1. The first kappa shape index (κ1) is 16.7. The molecule has 0 bridgehead atoms. The van der Waals surface area contributed by atoms with E-state index in [1.807, 2.05) is 18.9 Å². The zero-order valence-corrected chi connectivity index (χ0v) is 14.8. The van der Waals surface area contributed by atoms with E-state index in [-0.39, 0.29) is 5.91 Å². The number of carbonyl (C=O) groups is 1. The number of amides is 1. The third-order valence-electron chi connectivity index (χ3n) is 4.77. The Kier molecular flexibility index (Phi) is 4.71. The van der Waals surface area contributed by atoms with Crippen molar-refractivity contribution in [1.29, 1.82) is 0 Å². The number of piperazine rings is 1. The molecule has 1 aliphatic rings. The molecule has 7 nitrogen and oxygen atoms in total. The Labute approximate surface area is 142 Å². The molecule has 0 aromatic carbocycles. The first-order chi connectivity index (χ1) is 11.5. The monoisotopic (exact) mass is 331 g/mol. The van der Waals surface area contributed by atoms with E-state index in [4.69, 9.17) is 4.74 Å². The van der Waals surface area contributed by atoms with Crippen molar-refractivity contribution >= 4 is 16.9 Å². The smallest absolute Gasteiger partial charge is 0.242 e. The lowest BCUT2D eigenvalue weighted by atomic mass is 10.00. The lowest BCUT2D eigenvalue weighted by Gasteiger charge is -2.27. The molecule has 3 rings (SSSR count). The van der Waals surface area contributed by atoms with E-state index >= 15 is 0 Å². The molecule has 130 valence electrons. The van der Waals surface area contributed by atoms with E-state index in [2.05, 4.69) is 22.3 Å². The molecule has 1 N–H and O–H groups in total. The summed E-state index contributed by atoms with van der Waals surface area (Å²) in [5, 5.41) is 8.58. The average Bonchev–Trinajstić information content (AvgIpc) is 2.91. The number of pyridine rings is 1. The van der Waals surface area contributed by atoms with Crippen LogP contribution in [0.25, 0.3) is 11.0 Å². The number of nitrogens with zero attached hydrogens (tertiary/aromatic N) is 4. The van der Waals surface area contributed by atoms with Crippen LogP contribution in [0.3, 0.4) is 0 Å². The van der Waals surface area contributed by atoms with Crippen molar-refractivity contribution < 1.29 is 9.53 Å². The van der Waals surface area contributed by atoms with Crippen LogP contribution < -0.4 is 10.1 Å². The van der Waals surface area contributed by atoms with E-state index in [0.717, 1.165) is 54.0 Å². The van der Waals surface area contributed by atoms with Crippen molar-refractivity contribution in [3.05, 3.63) is 16.8 Å². The molecule has 1 fully saturated rings. The van der Waals surface area contributed by atoms with Gasteiger partial charge in [-0.15, -0.1) is 5.10 Å². The van der Waals surface area contributed by atoms with Crippen LogP contribution in [0.1, 0.15) is 23.2 Å². The van der Waals surface area contributed by atoms with Gasteiger partial charge < -0.3 is 15.0 Å². The maximum Gasteiger partial charge on any atom is 0.242 e. The second kappa shape index (κ2) is 6.76. The molecule has 7 heteroatoms. The summed E-state index contributed by atoms with van der Waals surface area (Å²) in [6.07, 6.45) is 1.21. The molecule has 2 aromatic heterocycles. The molecule has 24 heavy (non-hydrogen) atoms. The fourth-order valence-electron chi connectivity index (χ4n) is 3.41. The van der Waals surface area contributed by atoms with Crippen molar-refractivity contribution in [3.8, 4) is 5.88 Å². The summed E-state index contributed by atoms with van der Waals surface area (Å²) in [5.41, 5.74) is 4.01. The van der Waals surface area contributed by atoms with Gasteiger partial charge in [0.1, 0.15) is 0 Å². The second-order valence-corrected chi connectivity index (χ2v) is 6.26. The number of fused-ring (bicyclic) bond motifs is 1. The zero-order chi connectivity index (χ0) is 17.3. The molecule has 0 saturated carbocycles. The molecule has 0 aliphatic carbocycles. The lowest BCUT2D eigenvalue weighted by Crippen LogP contribution is -2.46. The molecule has 0 radical (unpaired) electrons. The average molecular weight is 331 g/mol. The first-order valence-electron chi connectivity index (χ1n) is 8.38. The van der Waals surface area contributed by atoms with Crippen molar-refractivity contribution in [2.45, 2.75) is 26.7 Å². The van der Waals surface area contributed by atoms with Crippen LogP contribution in [0.4, 0.5) is 0 Å². The van der Waals surface area contributed by atoms with Gasteiger partial charge >= 0.3 is 0 Å². The molecular formula is C17H25N5O2. The van der Waals surface area contributed by atoms with Crippen LogP contribution in [0.15, 0.2) is 0 Å². The molecule has 1 amide bonds. The highest BCUT2D eigenvalue weighted by molar-refractivity contribution is 5.86. The summed E-state index contributed by atoms with van der Waals surface area (Å²) in [6, 6.07) is 0. The Morgan fingerprint density at radius 2 is 2.00 bits per heavy atom. The lowest BCUT2D eigenvalue weighted by molar-refractivity contribution is -0.131. The van der Waals surface area contributed by atoms with Gasteiger partial charge in [-0.1, -0.05) is 0 Å². The van der Waals surface area contributed by atoms with Gasteiger partial charge in [0.25, 0.3) is 0 Å². The van der Waals surface area contributed by atoms with E-state index < -0.39 is 0 Å². The van der Waals surface area contributed by atoms with E-state index in [1.165, 1.54) is 0 Å². The van der Waals surface area contributed by atoms with E-state index in [9.17, 15) is 4.79 Å². The molecule has 1 saturated heterocycles. The number of rotatable bonds is 4. The molecule has 0 atom stereocenters. The summed E-state index contributed by atoms with van der Waals surface area (Å²) >= 11 is 0. The molecule has 0 spiro atoms. The van der Waals surface area contributed by atoms with Gasteiger partial charge in [0.05, 0.1) is 12.5 Å². The number of ether oxygens (including phenoxy) is 1. The van der Waals surface area contributed by atoms with Crippen molar-refractivity contribution in [2.75, 3.05) is 33.3 Å². The van der Waals surface area contributed by atoms with Gasteiger partial charge in [-0.05, 0) is 31.4 Å². The fourth-order valence-corrected chi connectivity index (χ4v) is 3.41. The van der Waals surface area contributed by atoms with Crippen molar-refractivity contribution in [1.82, 2.24) is 25.0 Å². The van der Waals surface area contributed by atoms with Gasteiger partial charge in [0.15, 0.2) is 5.65 Å². The number of hydrogen-bond acceptors (Lipinski definition) is 5. The first-order valence-corrected chi connectivity index (χ1v) is 8.38. The van der Waals surface area contributed by atoms with Crippen LogP contribution in [0, 0.1) is 13.8 Å². The minimum atomic E-state index is 0.216. The topological polar surface area (TPSA) is 72.3 Å². The molecular weight excluding hydrogens is 306 g/mol. The van der Waals surface area contributed by atoms with Gasteiger partial charge in [-0.2, -0.15) is 0 Å². The summed E-state index contributed by atoms with van der Waals surface area (Å²) < 4.78 is 7.13. The molecule has 2 aromatic rings. The maximum atomic E-state index is 12.4. The number of nitrogens with one attached hydrogen (secondary N) is 1. The quantitative estimate of drug-likeness (QED) is 0.903. The van der Waals surface area contributed by atoms with Gasteiger partial charge in [0.2, 0.25) is 11.8 Å². The molecule has 0 unspecified atom stereocenters. The van der Waals surface area contributed by atoms with Crippen LogP contribution in [0.2, 0.25) is 0 Å². The Hall–Kier alpha value is -2.15.